The summed E-state index contributed by atoms with van der Waals surface area (Å²) in [6.45, 7) is 4.06. The van der Waals surface area contributed by atoms with Gasteiger partial charge in [0, 0.05) is 14.1 Å². The highest BCUT2D eigenvalue weighted by Gasteiger charge is 2.15. The van der Waals surface area contributed by atoms with Crippen LogP contribution in [0.25, 0.3) is 0 Å². The Balaban J connectivity index is 3.10. The van der Waals surface area contributed by atoms with Gasteiger partial charge in [-0.3, -0.25) is 4.72 Å². The van der Waals surface area contributed by atoms with Crippen molar-refractivity contribution in [1.82, 2.24) is 4.31 Å². The number of nitrogens with one attached hydrogen (secondary N) is 1. The van der Waals surface area contributed by atoms with Crippen LogP contribution in [0.1, 0.15) is 25.3 Å². The monoisotopic (exact) mass is 272 g/mol. The number of methoxy groups -OCH3 is 1. The second-order valence-corrected chi connectivity index (χ2v) is 6.39. The molecule has 0 aliphatic carbocycles. The fourth-order valence-corrected chi connectivity index (χ4v) is 2.10. The topological polar surface area (TPSA) is 58.6 Å². The van der Waals surface area contributed by atoms with Crippen molar-refractivity contribution in [2.24, 2.45) is 0 Å². The number of benzene rings is 1. The van der Waals surface area contributed by atoms with Crippen LogP contribution in [0.4, 0.5) is 5.69 Å². The molecule has 0 bridgehead atoms. The third-order valence-corrected chi connectivity index (χ3v) is 4.03. The summed E-state index contributed by atoms with van der Waals surface area (Å²) < 4.78 is 32.3. The maximum absolute atomic E-state index is 11.7. The average Bonchev–Trinajstić information content (AvgIpc) is 2.28. The predicted octanol–water partition coefficient (Wildman–Crippen LogP) is 2.04. The number of nitrogens with zero attached hydrogens (tertiary/aromatic N) is 1. The van der Waals surface area contributed by atoms with E-state index in [-0.39, 0.29) is 5.92 Å². The van der Waals surface area contributed by atoms with Gasteiger partial charge in [-0.25, -0.2) is 0 Å². The Hall–Kier alpha value is -1.27. The number of anilines is 1. The highest BCUT2D eigenvalue weighted by atomic mass is 32.2. The van der Waals surface area contributed by atoms with Crippen LogP contribution < -0.4 is 9.46 Å². The molecule has 102 valence electrons. The van der Waals surface area contributed by atoms with Crippen molar-refractivity contribution in [2.45, 2.75) is 19.8 Å². The summed E-state index contributed by atoms with van der Waals surface area (Å²) in [5, 5.41) is 0. The van der Waals surface area contributed by atoms with E-state index in [1.54, 1.807) is 25.3 Å². The molecule has 0 aromatic heterocycles. The summed E-state index contributed by atoms with van der Waals surface area (Å²) in [6.07, 6.45) is 0. The molecule has 1 aromatic carbocycles. The minimum absolute atomic E-state index is 0.253. The van der Waals surface area contributed by atoms with E-state index in [2.05, 4.69) is 4.72 Å². The van der Waals surface area contributed by atoms with E-state index < -0.39 is 10.2 Å². The summed E-state index contributed by atoms with van der Waals surface area (Å²) in [7, 11) is 1.09. The van der Waals surface area contributed by atoms with Crippen molar-refractivity contribution in [3.63, 3.8) is 0 Å². The Morgan fingerprint density at radius 1 is 1.28 bits per heavy atom. The Bertz CT molecular complexity index is 510. The predicted molar refractivity (Wildman–Crippen MR) is 73.3 cm³/mol. The van der Waals surface area contributed by atoms with Gasteiger partial charge in [0.1, 0.15) is 5.75 Å². The first-order valence-corrected chi connectivity index (χ1v) is 7.10. The number of hydrogen-bond donors (Lipinski definition) is 1. The van der Waals surface area contributed by atoms with Crippen LogP contribution in [-0.4, -0.2) is 33.9 Å². The molecule has 0 saturated heterocycles. The molecule has 1 N–H and O–H groups in total. The van der Waals surface area contributed by atoms with E-state index in [1.165, 1.54) is 14.1 Å². The normalized spacial score (nSPS) is 11.9. The van der Waals surface area contributed by atoms with Crippen LogP contribution in [0.3, 0.4) is 0 Å². The van der Waals surface area contributed by atoms with Gasteiger partial charge in [0.25, 0.3) is 0 Å². The van der Waals surface area contributed by atoms with E-state index in [0.29, 0.717) is 5.69 Å². The van der Waals surface area contributed by atoms with Crippen molar-refractivity contribution < 1.29 is 13.2 Å². The van der Waals surface area contributed by atoms with Crippen molar-refractivity contribution in [2.75, 3.05) is 25.9 Å². The summed E-state index contributed by atoms with van der Waals surface area (Å²) >= 11 is 0. The third kappa shape index (κ3) is 3.36. The molecule has 18 heavy (non-hydrogen) atoms. The van der Waals surface area contributed by atoms with E-state index in [0.717, 1.165) is 15.6 Å². The lowest BCUT2D eigenvalue weighted by molar-refractivity contribution is 0.407. The van der Waals surface area contributed by atoms with Crippen LogP contribution >= 0.6 is 0 Å². The zero-order chi connectivity index (χ0) is 13.9. The minimum atomic E-state index is -3.47. The lowest BCUT2D eigenvalue weighted by Crippen LogP contribution is -2.28. The summed E-state index contributed by atoms with van der Waals surface area (Å²) in [6, 6.07) is 5.25. The van der Waals surface area contributed by atoms with Crippen molar-refractivity contribution in [3.05, 3.63) is 23.8 Å². The third-order valence-electron chi connectivity index (χ3n) is 2.58. The molecule has 0 amide bonds. The number of ether oxygens (including phenoxy) is 1. The lowest BCUT2D eigenvalue weighted by Gasteiger charge is -2.16. The van der Waals surface area contributed by atoms with E-state index in [4.69, 9.17) is 4.74 Å². The zero-order valence-corrected chi connectivity index (χ0v) is 12.2. The summed E-state index contributed by atoms with van der Waals surface area (Å²) in [5.74, 6) is 1.02. The molecular formula is C12H20N2O3S. The first-order chi connectivity index (χ1) is 8.27. The fraction of sp³-hybridized carbons (Fsp3) is 0.500. The van der Waals surface area contributed by atoms with Gasteiger partial charge in [-0.15, -0.1) is 0 Å². The second-order valence-electron chi connectivity index (χ2n) is 4.50. The van der Waals surface area contributed by atoms with Crippen molar-refractivity contribution >= 4 is 15.9 Å². The van der Waals surface area contributed by atoms with Crippen molar-refractivity contribution in [1.29, 1.82) is 0 Å². The first kappa shape index (κ1) is 14.8. The molecular weight excluding hydrogens is 252 g/mol. The number of hydrogen-bond acceptors (Lipinski definition) is 3. The van der Waals surface area contributed by atoms with E-state index in [1.807, 2.05) is 13.8 Å². The van der Waals surface area contributed by atoms with Crippen molar-refractivity contribution in [3.8, 4) is 5.75 Å². The van der Waals surface area contributed by atoms with Crippen LogP contribution in [0.2, 0.25) is 0 Å². The molecule has 0 heterocycles. The molecule has 0 atom stereocenters. The van der Waals surface area contributed by atoms with Gasteiger partial charge in [0.2, 0.25) is 0 Å². The Morgan fingerprint density at radius 3 is 2.33 bits per heavy atom. The smallest absolute Gasteiger partial charge is 0.301 e. The highest BCUT2D eigenvalue weighted by molar-refractivity contribution is 7.90. The quantitative estimate of drug-likeness (QED) is 0.892. The Kier molecular flexibility index (Phi) is 4.59. The zero-order valence-electron chi connectivity index (χ0n) is 11.4. The molecule has 0 aliphatic rings. The highest BCUT2D eigenvalue weighted by Crippen LogP contribution is 2.29. The second kappa shape index (κ2) is 5.58. The van der Waals surface area contributed by atoms with Crippen LogP contribution in [-0.2, 0) is 10.2 Å². The molecule has 0 radical (unpaired) electrons. The Labute approximate surface area is 109 Å². The van der Waals surface area contributed by atoms with Crippen LogP contribution in [0.5, 0.6) is 5.75 Å². The largest absolute Gasteiger partial charge is 0.496 e. The Morgan fingerprint density at radius 2 is 1.89 bits per heavy atom. The lowest BCUT2D eigenvalue weighted by atomic mass is 10.0. The SMILES string of the molecule is COc1ccc(NS(=O)(=O)N(C)C)cc1C(C)C. The molecule has 0 aliphatic heterocycles. The summed E-state index contributed by atoms with van der Waals surface area (Å²) in [5.41, 5.74) is 1.50. The minimum Gasteiger partial charge on any atom is -0.496 e. The van der Waals surface area contributed by atoms with Gasteiger partial charge in [-0.05, 0) is 29.7 Å². The fourth-order valence-electron chi connectivity index (χ4n) is 1.49. The van der Waals surface area contributed by atoms with Crippen LogP contribution in [0.15, 0.2) is 18.2 Å². The standard InChI is InChI=1S/C12H20N2O3S/c1-9(2)11-8-10(6-7-12(11)17-5)13-18(15,16)14(3)4/h6-9,13H,1-5H3. The van der Waals surface area contributed by atoms with E-state index >= 15 is 0 Å². The molecule has 5 nitrogen and oxygen atoms in total. The van der Waals surface area contributed by atoms with E-state index in [9.17, 15) is 8.42 Å². The number of rotatable bonds is 5. The molecule has 0 spiro atoms. The van der Waals surface area contributed by atoms with Gasteiger partial charge < -0.3 is 4.74 Å². The van der Waals surface area contributed by atoms with Crippen LogP contribution in [0, 0.1) is 0 Å². The van der Waals surface area contributed by atoms with Gasteiger partial charge in [-0.2, -0.15) is 12.7 Å². The van der Waals surface area contributed by atoms with Gasteiger partial charge in [-0.1, -0.05) is 13.8 Å². The molecule has 0 fully saturated rings. The molecule has 1 rings (SSSR count). The first-order valence-electron chi connectivity index (χ1n) is 5.66. The van der Waals surface area contributed by atoms with Gasteiger partial charge in [0.05, 0.1) is 12.8 Å². The van der Waals surface area contributed by atoms with Gasteiger partial charge in [0.15, 0.2) is 0 Å². The van der Waals surface area contributed by atoms with Gasteiger partial charge >= 0.3 is 10.2 Å². The molecule has 0 saturated carbocycles. The molecule has 6 heteroatoms. The maximum Gasteiger partial charge on any atom is 0.301 e. The maximum atomic E-state index is 11.7. The molecule has 1 aromatic rings. The average molecular weight is 272 g/mol. The summed E-state index contributed by atoms with van der Waals surface area (Å²) in [4.78, 5) is 0. The molecule has 0 unspecified atom stereocenters.